The van der Waals surface area contributed by atoms with E-state index in [0.29, 0.717) is 24.3 Å². The first-order valence-electron chi connectivity index (χ1n) is 13.3. The van der Waals surface area contributed by atoms with Crippen molar-refractivity contribution in [1.29, 1.82) is 0 Å². The SMILES string of the molecule is CC1CC(=O)C=C(N2CCN(c3ccc(CN4[C@@H](C)CCC(c5ccccc5)S4(=O)=O)c(F)c3)CC2)C1. The Morgan fingerprint density at radius 2 is 1.62 bits per heavy atom. The van der Waals surface area contributed by atoms with Crippen LogP contribution in [-0.4, -0.2) is 55.6 Å². The van der Waals surface area contributed by atoms with Gasteiger partial charge in [0.25, 0.3) is 0 Å². The van der Waals surface area contributed by atoms with E-state index in [9.17, 15) is 13.2 Å². The monoisotopic (exact) mass is 525 g/mol. The Bertz CT molecular complexity index is 1270. The highest BCUT2D eigenvalue weighted by Gasteiger charge is 2.40. The van der Waals surface area contributed by atoms with Crippen molar-refractivity contribution >= 4 is 21.5 Å². The third kappa shape index (κ3) is 5.46. The number of hydrogen-bond donors (Lipinski definition) is 0. The molecule has 37 heavy (non-hydrogen) atoms. The van der Waals surface area contributed by atoms with Crippen molar-refractivity contribution in [3.05, 3.63) is 77.2 Å². The van der Waals surface area contributed by atoms with Crippen molar-refractivity contribution in [1.82, 2.24) is 9.21 Å². The molecule has 198 valence electrons. The summed E-state index contributed by atoms with van der Waals surface area (Å²) >= 11 is 0. The van der Waals surface area contributed by atoms with Gasteiger partial charge < -0.3 is 9.80 Å². The second-order valence-electron chi connectivity index (χ2n) is 10.8. The highest BCUT2D eigenvalue weighted by molar-refractivity contribution is 7.89. The van der Waals surface area contributed by atoms with Gasteiger partial charge in [0.05, 0.1) is 0 Å². The van der Waals surface area contributed by atoms with E-state index in [1.807, 2.05) is 43.3 Å². The largest absolute Gasteiger partial charge is 0.371 e. The van der Waals surface area contributed by atoms with Crippen LogP contribution < -0.4 is 4.90 Å². The molecule has 3 atom stereocenters. The molecule has 2 heterocycles. The van der Waals surface area contributed by atoms with Gasteiger partial charge >= 0.3 is 0 Å². The maximum absolute atomic E-state index is 15.3. The summed E-state index contributed by atoms with van der Waals surface area (Å²) in [5.74, 6) is 0.203. The van der Waals surface area contributed by atoms with Crippen LogP contribution in [0.1, 0.15) is 55.9 Å². The van der Waals surface area contributed by atoms with Crippen molar-refractivity contribution in [3.63, 3.8) is 0 Å². The van der Waals surface area contributed by atoms with Gasteiger partial charge in [-0.1, -0.05) is 43.3 Å². The lowest BCUT2D eigenvalue weighted by Crippen LogP contribution is -2.46. The molecule has 0 saturated carbocycles. The average molecular weight is 526 g/mol. The number of rotatable bonds is 5. The van der Waals surface area contributed by atoms with E-state index in [2.05, 4.69) is 16.7 Å². The fourth-order valence-corrected chi connectivity index (χ4v) is 8.12. The fraction of sp³-hybridized carbons (Fsp3) is 0.483. The first kappa shape index (κ1) is 25.9. The van der Waals surface area contributed by atoms with Crippen molar-refractivity contribution in [2.45, 2.75) is 57.4 Å². The Morgan fingerprint density at radius 1 is 0.919 bits per heavy atom. The first-order chi connectivity index (χ1) is 17.7. The molecule has 2 aliphatic heterocycles. The topological polar surface area (TPSA) is 60.9 Å². The van der Waals surface area contributed by atoms with Crippen LogP contribution in [0.25, 0.3) is 0 Å². The minimum atomic E-state index is -3.62. The van der Waals surface area contributed by atoms with Crippen LogP contribution >= 0.6 is 0 Å². The Morgan fingerprint density at radius 3 is 2.30 bits per heavy atom. The van der Waals surface area contributed by atoms with Gasteiger partial charge in [-0.2, -0.15) is 4.31 Å². The zero-order chi connectivity index (χ0) is 26.2. The van der Waals surface area contributed by atoms with Gasteiger partial charge in [-0.25, -0.2) is 12.8 Å². The lowest BCUT2D eigenvalue weighted by molar-refractivity contribution is -0.116. The van der Waals surface area contributed by atoms with E-state index in [0.717, 1.165) is 56.0 Å². The smallest absolute Gasteiger partial charge is 0.221 e. The maximum atomic E-state index is 15.3. The van der Waals surface area contributed by atoms with Crippen LogP contribution in [0.2, 0.25) is 0 Å². The molecule has 5 rings (SSSR count). The predicted octanol–water partition coefficient (Wildman–Crippen LogP) is 4.89. The number of carbonyl (C=O) groups excluding carboxylic acids is 1. The van der Waals surface area contributed by atoms with Crippen molar-refractivity contribution < 1.29 is 17.6 Å². The van der Waals surface area contributed by atoms with Crippen molar-refractivity contribution in [2.75, 3.05) is 31.1 Å². The Kier molecular flexibility index (Phi) is 7.41. The van der Waals surface area contributed by atoms with Gasteiger partial charge in [0.1, 0.15) is 11.1 Å². The maximum Gasteiger partial charge on any atom is 0.221 e. The van der Waals surface area contributed by atoms with Gasteiger partial charge in [-0.15, -0.1) is 0 Å². The summed E-state index contributed by atoms with van der Waals surface area (Å²) in [5.41, 5.74) is 3.11. The number of halogens is 1. The minimum Gasteiger partial charge on any atom is -0.371 e. The molecular formula is C29H36FN3O3S. The van der Waals surface area contributed by atoms with Crippen LogP contribution in [0.3, 0.4) is 0 Å². The zero-order valence-corrected chi connectivity index (χ0v) is 22.5. The number of anilines is 1. The second-order valence-corrected chi connectivity index (χ2v) is 12.8. The number of benzene rings is 2. The molecule has 2 fully saturated rings. The summed E-state index contributed by atoms with van der Waals surface area (Å²) in [6, 6.07) is 14.3. The Balaban J connectivity index is 1.27. The standard InChI is InChI=1S/C29H36FN3O3S/c1-21-16-26(18-27(34)17-21)32-14-12-31(13-15-32)25-10-9-24(28(30)19-25)20-33-22(2)8-11-29(37(33,35)36)23-6-4-3-5-7-23/h3-7,9-10,18-19,21-22,29H,8,11-17,20H2,1-2H3/t21?,22-,29?/m0/s1. The average Bonchev–Trinajstić information content (AvgIpc) is 2.87. The van der Waals surface area contributed by atoms with Crippen LogP contribution in [0.15, 0.2) is 60.3 Å². The minimum absolute atomic E-state index is 0.0348. The van der Waals surface area contributed by atoms with Crippen LogP contribution in [0, 0.1) is 11.7 Å². The molecule has 2 saturated heterocycles. The van der Waals surface area contributed by atoms with Gasteiger partial charge in [-0.3, -0.25) is 4.79 Å². The molecule has 0 aromatic heterocycles. The van der Waals surface area contributed by atoms with E-state index in [1.165, 1.54) is 10.4 Å². The van der Waals surface area contributed by atoms with Gasteiger partial charge in [-0.05, 0) is 49.8 Å². The number of nitrogens with zero attached hydrogens (tertiary/aromatic N) is 3. The number of ketones is 1. The summed E-state index contributed by atoms with van der Waals surface area (Å²) < 4.78 is 43.8. The molecule has 3 aliphatic rings. The lowest BCUT2D eigenvalue weighted by Gasteiger charge is -2.40. The van der Waals surface area contributed by atoms with E-state index >= 15 is 4.39 Å². The molecular weight excluding hydrogens is 489 g/mol. The Hall–Kier alpha value is -2.71. The molecule has 0 N–H and O–H groups in total. The summed E-state index contributed by atoms with van der Waals surface area (Å²) in [4.78, 5) is 16.4. The van der Waals surface area contributed by atoms with E-state index < -0.39 is 15.3 Å². The number of carbonyl (C=O) groups is 1. The molecule has 2 aromatic carbocycles. The molecule has 0 spiro atoms. The predicted molar refractivity (Wildman–Crippen MR) is 144 cm³/mol. The van der Waals surface area contributed by atoms with Crippen molar-refractivity contribution in [3.8, 4) is 0 Å². The molecule has 2 aromatic rings. The normalized spacial score (nSPS) is 26.7. The molecule has 0 bridgehead atoms. The molecule has 0 amide bonds. The van der Waals surface area contributed by atoms with E-state index in [4.69, 9.17) is 0 Å². The Labute approximate surface area is 219 Å². The van der Waals surface area contributed by atoms with Crippen molar-refractivity contribution in [2.24, 2.45) is 5.92 Å². The highest BCUT2D eigenvalue weighted by Crippen LogP contribution is 2.38. The third-order valence-corrected chi connectivity index (χ3v) is 10.4. The number of sulfonamides is 1. The number of allylic oxidation sites excluding steroid dienone is 2. The highest BCUT2D eigenvalue weighted by atomic mass is 32.2. The summed E-state index contributed by atoms with van der Waals surface area (Å²) in [6.07, 6.45) is 4.66. The second kappa shape index (κ2) is 10.6. The van der Waals surface area contributed by atoms with E-state index in [-0.39, 0.29) is 24.2 Å². The van der Waals surface area contributed by atoms with Crippen LogP contribution in [-0.2, 0) is 21.4 Å². The molecule has 8 heteroatoms. The fourth-order valence-electron chi connectivity index (χ4n) is 5.93. The molecule has 2 unspecified atom stereocenters. The summed E-state index contributed by atoms with van der Waals surface area (Å²) in [5, 5.41) is -0.596. The molecule has 1 aliphatic carbocycles. The third-order valence-electron chi connectivity index (χ3n) is 8.04. The number of piperazine rings is 1. The quantitative estimate of drug-likeness (QED) is 0.557. The van der Waals surface area contributed by atoms with Gasteiger partial charge in [0, 0.05) is 68.2 Å². The molecule has 0 radical (unpaired) electrons. The van der Waals surface area contributed by atoms with Gasteiger partial charge in [0.15, 0.2) is 5.78 Å². The summed E-state index contributed by atoms with van der Waals surface area (Å²) in [6.45, 7) is 7.13. The van der Waals surface area contributed by atoms with Crippen LogP contribution in [0.5, 0.6) is 0 Å². The van der Waals surface area contributed by atoms with E-state index in [1.54, 1.807) is 12.1 Å². The lowest BCUT2D eigenvalue weighted by atomic mass is 9.92. The first-order valence-corrected chi connectivity index (χ1v) is 14.8. The van der Waals surface area contributed by atoms with Crippen LogP contribution in [0.4, 0.5) is 10.1 Å². The summed E-state index contributed by atoms with van der Waals surface area (Å²) in [7, 11) is -3.62. The van der Waals surface area contributed by atoms with Gasteiger partial charge in [0.2, 0.25) is 10.0 Å². The molecule has 6 nitrogen and oxygen atoms in total. The number of hydrogen-bond acceptors (Lipinski definition) is 5. The zero-order valence-electron chi connectivity index (χ0n) is 21.6.